The van der Waals surface area contributed by atoms with Crippen molar-refractivity contribution in [1.29, 1.82) is 0 Å². The van der Waals surface area contributed by atoms with Crippen LogP contribution in [0.1, 0.15) is 277 Å². The molecular weight excluding hydrogens is 882 g/mol. The van der Waals surface area contributed by atoms with Crippen molar-refractivity contribution >= 4 is 19.8 Å². The summed E-state index contributed by atoms with van der Waals surface area (Å²) in [4.78, 5) is 35.6. The second kappa shape index (κ2) is 51.1. The van der Waals surface area contributed by atoms with E-state index in [0.29, 0.717) is 23.9 Å². The molecule has 0 spiro atoms. The fraction of sp³-hybridized carbons (Fsp3) is 0.864. The maximum absolute atomic E-state index is 12.8. The number of likely N-dealkylation sites (N-methyl/N-ethyl adjacent to an activating group) is 1. The molecule has 0 saturated carbocycles. The van der Waals surface area contributed by atoms with Crippen LogP contribution in [-0.4, -0.2) is 74.9 Å². The Labute approximate surface area is 427 Å². The van der Waals surface area contributed by atoms with Gasteiger partial charge in [0.1, 0.15) is 19.8 Å². The van der Waals surface area contributed by atoms with Crippen LogP contribution in [0.2, 0.25) is 0 Å². The van der Waals surface area contributed by atoms with Gasteiger partial charge in [-0.15, -0.1) is 0 Å². The number of phosphoric acid groups is 1. The number of carbonyl (C=O) groups excluding carboxylic acids is 2. The molecule has 69 heavy (non-hydrogen) atoms. The van der Waals surface area contributed by atoms with E-state index in [9.17, 15) is 19.0 Å². The van der Waals surface area contributed by atoms with Crippen LogP contribution in [-0.2, 0) is 32.7 Å². The minimum absolute atomic E-state index is 0.0343. The number of quaternary nitrogens is 1. The summed E-state index contributed by atoms with van der Waals surface area (Å²) in [5, 5.41) is 0. The molecule has 0 aliphatic heterocycles. The van der Waals surface area contributed by atoms with Crippen molar-refractivity contribution in [3.63, 3.8) is 0 Å². The SMILES string of the molecule is CCCCCCC/C=C\C/C=C\C/C=C\CCCCCCCCCCCCCCCCCCCCC(=O)OC(COC(=O)CCCCCCCCCCCCCC)COP(=O)(O)OCC[N+](C)(C)C. The van der Waals surface area contributed by atoms with Gasteiger partial charge in [-0.3, -0.25) is 18.6 Å². The first-order valence-electron chi connectivity index (χ1n) is 29.2. The molecule has 0 radical (unpaired) electrons. The Morgan fingerprint density at radius 3 is 1.16 bits per heavy atom. The van der Waals surface area contributed by atoms with Crippen molar-refractivity contribution in [2.75, 3.05) is 47.5 Å². The van der Waals surface area contributed by atoms with Gasteiger partial charge in [0.05, 0.1) is 27.7 Å². The first-order chi connectivity index (χ1) is 33.5. The third-order valence-corrected chi connectivity index (χ3v) is 13.9. The number of hydrogen-bond acceptors (Lipinski definition) is 7. The molecule has 9 nitrogen and oxygen atoms in total. The molecule has 406 valence electrons. The average Bonchev–Trinajstić information content (AvgIpc) is 3.31. The summed E-state index contributed by atoms with van der Waals surface area (Å²) in [6.45, 7) is 4.45. The van der Waals surface area contributed by atoms with Crippen LogP contribution in [0.25, 0.3) is 0 Å². The molecule has 2 unspecified atom stereocenters. The molecule has 0 amide bonds. The van der Waals surface area contributed by atoms with E-state index in [4.69, 9.17) is 18.5 Å². The predicted molar refractivity (Wildman–Crippen MR) is 294 cm³/mol. The molecule has 0 aromatic heterocycles. The topological polar surface area (TPSA) is 108 Å². The van der Waals surface area contributed by atoms with Gasteiger partial charge in [-0.2, -0.15) is 0 Å². The zero-order chi connectivity index (χ0) is 50.6. The van der Waals surface area contributed by atoms with Crippen LogP contribution in [0, 0.1) is 0 Å². The lowest BCUT2D eigenvalue weighted by atomic mass is 10.0. The second-order valence-corrected chi connectivity index (χ2v) is 22.5. The normalized spacial score (nSPS) is 13.5. The molecule has 0 heterocycles. The van der Waals surface area contributed by atoms with Crippen molar-refractivity contribution in [3.05, 3.63) is 36.5 Å². The van der Waals surface area contributed by atoms with E-state index in [1.54, 1.807) is 0 Å². The number of hydrogen-bond donors (Lipinski definition) is 1. The summed E-state index contributed by atoms with van der Waals surface area (Å²) in [6.07, 6.45) is 62.3. The van der Waals surface area contributed by atoms with E-state index >= 15 is 0 Å². The summed E-state index contributed by atoms with van der Waals surface area (Å²) in [5.41, 5.74) is 0. The fourth-order valence-corrected chi connectivity index (χ4v) is 9.12. The lowest BCUT2D eigenvalue weighted by molar-refractivity contribution is -0.870. The van der Waals surface area contributed by atoms with Gasteiger partial charge >= 0.3 is 19.8 Å². The van der Waals surface area contributed by atoms with Gasteiger partial charge in [-0.25, -0.2) is 4.57 Å². The molecule has 2 atom stereocenters. The van der Waals surface area contributed by atoms with Gasteiger partial charge in [0.25, 0.3) is 0 Å². The zero-order valence-electron chi connectivity index (χ0n) is 46.1. The Bertz CT molecular complexity index is 1260. The number of rotatable bonds is 54. The standard InChI is InChI=1S/C59H112NO8P/c1-6-8-10-12-14-16-18-20-21-22-23-24-25-26-27-28-29-30-31-32-33-34-35-36-37-38-39-40-42-44-46-48-50-52-59(62)68-57(56-67-69(63,64)66-54-53-60(3,4)5)55-65-58(61)51-49-47-45-43-41-19-17-15-13-11-9-7-2/h18,20,22-23,25-26,57H,6-17,19,21,24,27-56H2,1-5H3/p+1/b20-18-,23-22-,26-25-. The van der Waals surface area contributed by atoms with Gasteiger partial charge < -0.3 is 18.9 Å². The molecule has 0 fully saturated rings. The van der Waals surface area contributed by atoms with Gasteiger partial charge in [-0.1, -0.05) is 249 Å². The number of carbonyl (C=O) groups is 2. The highest BCUT2D eigenvalue weighted by Crippen LogP contribution is 2.43. The third-order valence-electron chi connectivity index (χ3n) is 12.9. The predicted octanol–water partition coefficient (Wildman–Crippen LogP) is 18.0. The van der Waals surface area contributed by atoms with Crippen LogP contribution < -0.4 is 0 Å². The highest BCUT2D eigenvalue weighted by molar-refractivity contribution is 7.47. The number of allylic oxidation sites excluding steroid dienone is 6. The van der Waals surface area contributed by atoms with Crippen molar-refractivity contribution in [3.8, 4) is 0 Å². The van der Waals surface area contributed by atoms with Gasteiger partial charge in [0.15, 0.2) is 6.10 Å². The van der Waals surface area contributed by atoms with Gasteiger partial charge in [0.2, 0.25) is 0 Å². The molecular formula is C59H113NO8P+. The van der Waals surface area contributed by atoms with Crippen LogP contribution in [0.4, 0.5) is 0 Å². The maximum atomic E-state index is 12.8. The second-order valence-electron chi connectivity index (χ2n) is 21.0. The van der Waals surface area contributed by atoms with Crippen molar-refractivity contribution in [2.24, 2.45) is 0 Å². The largest absolute Gasteiger partial charge is 0.472 e. The smallest absolute Gasteiger partial charge is 0.462 e. The number of ether oxygens (including phenoxy) is 2. The summed E-state index contributed by atoms with van der Waals surface area (Å²) >= 11 is 0. The van der Waals surface area contributed by atoms with E-state index in [1.165, 1.54) is 199 Å². The minimum Gasteiger partial charge on any atom is -0.462 e. The Hall–Kier alpha value is -1.77. The quantitative estimate of drug-likeness (QED) is 0.0211. The van der Waals surface area contributed by atoms with E-state index in [-0.39, 0.29) is 25.6 Å². The van der Waals surface area contributed by atoms with E-state index in [2.05, 4.69) is 50.3 Å². The first-order valence-corrected chi connectivity index (χ1v) is 30.7. The van der Waals surface area contributed by atoms with Crippen molar-refractivity contribution in [2.45, 2.75) is 283 Å². The molecule has 0 aromatic rings. The summed E-state index contributed by atoms with van der Waals surface area (Å²) in [7, 11) is 1.49. The van der Waals surface area contributed by atoms with E-state index < -0.39 is 26.5 Å². The fourth-order valence-electron chi connectivity index (χ4n) is 8.38. The Morgan fingerprint density at radius 1 is 0.449 bits per heavy atom. The van der Waals surface area contributed by atoms with Crippen LogP contribution in [0.3, 0.4) is 0 Å². The summed E-state index contributed by atoms with van der Waals surface area (Å²) < 4.78 is 34.5. The number of nitrogens with zero attached hydrogens (tertiary/aromatic N) is 1. The molecule has 0 aromatic carbocycles. The molecule has 1 N–H and O–H groups in total. The number of phosphoric ester groups is 1. The average molecular weight is 996 g/mol. The Morgan fingerprint density at radius 2 is 0.783 bits per heavy atom. The Kier molecular flexibility index (Phi) is 49.8. The number of esters is 2. The lowest BCUT2D eigenvalue weighted by Crippen LogP contribution is -2.37. The first kappa shape index (κ1) is 67.2. The summed E-state index contributed by atoms with van der Waals surface area (Å²) in [5.74, 6) is -0.785. The molecule has 0 aliphatic carbocycles. The van der Waals surface area contributed by atoms with Crippen molar-refractivity contribution < 1.29 is 42.1 Å². The Balaban J connectivity index is 3.98. The number of unbranched alkanes of at least 4 members (excludes halogenated alkanes) is 34. The maximum Gasteiger partial charge on any atom is 0.472 e. The molecule has 0 rings (SSSR count). The highest BCUT2D eigenvalue weighted by atomic mass is 31.2. The third kappa shape index (κ3) is 55.4. The molecule has 0 saturated heterocycles. The van der Waals surface area contributed by atoms with Gasteiger partial charge in [0, 0.05) is 12.8 Å². The van der Waals surface area contributed by atoms with E-state index in [1.807, 2.05) is 21.1 Å². The van der Waals surface area contributed by atoms with E-state index in [0.717, 1.165) is 44.9 Å². The highest BCUT2D eigenvalue weighted by Gasteiger charge is 2.27. The van der Waals surface area contributed by atoms with Crippen LogP contribution >= 0.6 is 7.82 Å². The monoisotopic (exact) mass is 995 g/mol. The van der Waals surface area contributed by atoms with Crippen LogP contribution in [0.5, 0.6) is 0 Å². The minimum atomic E-state index is -4.38. The lowest BCUT2D eigenvalue weighted by Gasteiger charge is -2.24. The molecule has 0 bridgehead atoms. The zero-order valence-corrected chi connectivity index (χ0v) is 47.0. The summed E-state index contributed by atoms with van der Waals surface area (Å²) in [6, 6.07) is 0. The van der Waals surface area contributed by atoms with Crippen molar-refractivity contribution in [1.82, 2.24) is 0 Å². The van der Waals surface area contributed by atoms with Crippen LogP contribution in [0.15, 0.2) is 36.5 Å². The molecule has 0 aliphatic rings. The molecule has 10 heteroatoms. The van der Waals surface area contributed by atoms with Gasteiger partial charge in [-0.05, 0) is 51.4 Å².